The van der Waals surface area contributed by atoms with Crippen LogP contribution < -0.4 is 0 Å². The second-order valence-corrected chi connectivity index (χ2v) is 5.94. The molecular formula is C14H22. The monoisotopic (exact) mass is 190 g/mol. The molecule has 2 aliphatic rings. The lowest BCUT2D eigenvalue weighted by Crippen LogP contribution is -2.28. The zero-order valence-electron chi connectivity index (χ0n) is 9.98. The van der Waals surface area contributed by atoms with Crippen molar-refractivity contribution in [3.05, 3.63) is 23.3 Å². The Bertz CT molecular complexity index is 270. The van der Waals surface area contributed by atoms with E-state index in [9.17, 15) is 0 Å². The molecule has 2 aliphatic carbocycles. The van der Waals surface area contributed by atoms with Crippen LogP contribution in [0.5, 0.6) is 0 Å². The summed E-state index contributed by atoms with van der Waals surface area (Å²) in [6.07, 6.45) is 10.3. The molecule has 78 valence electrons. The third-order valence-corrected chi connectivity index (χ3v) is 3.94. The summed E-state index contributed by atoms with van der Waals surface area (Å²) in [6.45, 7) is 9.44. The minimum atomic E-state index is 0.325. The van der Waals surface area contributed by atoms with Crippen molar-refractivity contribution in [1.29, 1.82) is 0 Å². The van der Waals surface area contributed by atoms with Gasteiger partial charge in [-0.1, -0.05) is 51.0 Å². The number of hydrogen-bond acceptors (Lipinski definition) is 0. The molecule has 0 saturated carbocycles. The molecule has 0 aromatic rings. The molecule has 0 heteroatoms. The highest BCUT2D eigenvalue weighted by Crippen LogP contribution is 2.49. The van der Waals surface area contributed by atoms with Crippen molar-refractivity contribution in [2.45, 2.75) is 53.4 Å². The van der Waals surface area contributed by atoms with Crippen LogP contribution in [0.15, 0.2) is 23.3 Å². The van der Waals surface area contributed by atoms with Gasteiger partial charge in [-0.05, 0) is 25.7 Å². The fourth-order valence-electron chi connectivity index (χ4n) is 2.95. The molecule has 0 nitrogen and oxygen atoms in total. The van der Waals surface area contributed by atoms with Gasteiger partial charge in [0.25, 0.3) is 0 Å². The van der Waals surface area contributed by atoms with Crippen LogP contribution in [0.25, 0.3) is 0 Å². The average molecular weight is 190 g/mol. The second-order valence-electron chi connectivity index (χ2n) is 5.94. The van der Waals surface area contributed by atoms with Crippen LogP contribution in [0.2, 0.25) is 0 Å². The highest BCUT2D eigenvalue weighted by atomic mass is 14.4. The lowest BCUT2D eigenvalue weighted by atomic mass is 9.63. The zero-order valence-corrected chi connectivity index (χ0v) is 9.98. The molecule has 0 aromatic carbocycles. The number of allylic oxidation sites excluding steroid dienone is 4. The van der Waals surface area contributed by atoms with Crippen LogP contribution in [0.1, 0.15) is 53.4 Å². The van der Waals surface area contributed by atoms with E-state index in [-0.39, 0.29) is 0 Å². The molecule has 0 amide bonds. The van der Waals surface area contributed by atoms with Crippen LogP contribution in [0.4, 0.5) is 0 Å². The summed E-state index contributed by atoms with van der Waals surface area (Å²) in [5.41, 5.74) is 4.11. The van der Waals surface area contributed by atoms with Crippen LogP contribution >= 0.6 is 0 Å². The van der Waals surface area contributed by atoms with E-state index in [1.54, 1.807) is 11.1 Å². The highest BCUT2D eigenvalue weighted by molar-refractivity contribution is 5.38. The van der Waals surface area contributed by atoms with E-state index in [0.717, 1.165) is 0 Å². The van der Waals surface area contributed by atoms with Gasteiger partial charge in [-0.3, -0.25) is 0 Å². The maximum absolute atomic E-state index is 2.41. The van der Waals surface area contributed by atoms with Crippen molar-refractivity contribution in [1.82, 2.24) is 0 Å². The Morgan fingerprint density at radius 3 is 1.50 bits per heavy atom. The first-order chi connectivity index (χ1) is 6.43. The maximum Gasteiger partial charge on any atom is 0.00375 e. The first-order valence-electron chi connectivity index (χ1n) is 5.87. The standard InChI is InChI=1S/C14H22/c1-13(2)9-10-14(3,4)12-8-6-5-7-11(12)13/h9-10H,5-8H2,1-4H3. The Hall–Kier alpha value is -0.520. The summed E-state index contributed by atoms with van der Waals surface area (Å²) in [5, 5.41) is 0. The third-order valence-electron chi connectivity index (χ3n) is 3.94. The van der Waals surface area contributed by atoms with Crippen molar-refractivity contribution in [3.63, 3.8) is 0 Å². The van der Waals surface area contributed by atoms with Crippen molar-refractivity contribution in [3.8, 4) is 0 Å². The SMILES string of the molecule is CC1(C)C=CC(C)(C)C2=C1CCCC2. The Balaban J connectivity index is 2.48. The van der Waals surface area contributed by atoms with Crippen molar-refractivity contribution in [2.75, 3.05) is 0 Å². The fourth-order valence-corrected chi connectivity index (χ4v) is 2.95. The van der Waals surface area contributed by atoms with Gasteiger partial charge in [0.2, 0.25) is 0 Å². The predicted octanol–water partition coefficient (Wildman–Crippen LogP) is 4.48. The van der Waals surface area contributed by atoms with Gasteiger partial charge in [0.05, 0.1) is 0 Å². The maximum atomic E-state index is 2.41. The topological polar surface area (TPSA) is 0 Å². The molecule has 2 rings (SSSR count). The zero-order chi connectivity index (χ0) is 10.4. The van der Waals surface area contributed by atoms with E-state index in [4.69, 9.17) is 0 Å². The fraction of sp³-hybridized carbons (Fsp3) is 0.714. The van der Waals surface area contributed by atoms with Crippen molar-refractivity contribution in [2.24, 2.45) is 10.8 Å². The van der Waals surface area contributed by atoms with E-state index >= 15 is 0 Å². The van der Waals surface area contributed by atoms with E-state index in [1.165, 1.54) is 25.7 Å². The molecule has 0 spiro atoms. The second kappa shape index (κ2) is 2.98. The van der Waals surface area contributed by atoms with E-state index in [1.807, 2.05) is 0 Å². The largest absolute Gasteiger partial charge is 0.0780 e. The highest BCUT2D eigenvalue weighted by Gasteiger charge is 2.35. The molecular weight excluding hydrogens is 168 g/mol. The molecule has 0 aromatic heterocycles. The molecule has 0 fully saturated rings. The van der Waals surface area contributed by atoms with Gasteiger partial charge in [0.15, 0.2) is 0 Å². The molecule has 0 heterocycles. The Kier molecular flexibility index (Phi) is 2.13. The summed E-state index contributed by atoms with van der Waals surface area (Å²) in [6, 6.07) is 0. The summed E-state index contributed by atoms with van der Waals surface area (Å²) < 4.78 is 0. The summed E-state index contributed by atoms with van der Waals surface area (Å²) >= 11 is 0. The predicted molar refractivity (Wildman–Crippen MR) is 62.2 cm³/mol. The summed E-state index contributed by atoms with van der Waals surface area (Å²) in [7, 11) is 0. The quantitative estimate of drug-likeness (QED) is 0.494. The van der Waals surface area contributed by atoms with E-state index in [0.29, 0.717) is 10.8 Å². The van der Waals surface area contributed by atoms with Gasteiger partial charge in [0, 0.05) is 10.8 Å². The summed E-state index contributed by atoms with van der Waals surface area (Å²) in [4.78, 5) is 0. The molecule has 0 bridgehead atoms. The van der Waals surface area contributed by atoms with Gasteiger partial charge < -0.3 is 0 Å². The number of hydrogen-bond donors (Lipinski definition) is 0. The van der Waals surface area contributed by atoms with Crippen LogP contribution in [-0.2, 0) is 0 Å². The van der Waals surface area contributed by atoms with Crippen LogP contribution in [0, 0.1) is 10.8 Å². The molecule has 0 atom stereocenters. The first-order valence-corrected chi connectivity index (χ1v) is 5.87. The molecule has 0 N–H and O–H groups in total. The van der Waals surface area contributed by atoms with Gasteiger partial charge in [0.1, 0.15) is 0 Å². The van der Waals surface area contributed by atoms with Crippen LogP contribution in [-0.4, -0.2) is 0 Å². The molecule has 14 heavy (non-hydrogen) atoms. The molecule has 0 saturated heterocycles. The Morgan fingerprint density at radius 2 is 1.14 bits per heavy atom. The molecule has 0 aliphatic heterocycles. The smallest absolute Gasteiger partial charge is 0.00375 e. The Labute approximate surface area is 88.1 Å². The molecule has 0 radical (unpaired) electrons. The van der Waals surface area contributed by atoms with Gasteiger partial charge >= 0.3 is 0 Å². The third kappa shape index (κ3) is 1.45. The first kappa shape index (κ1) is 10.0. The summed E-state index contributed by atoms with van der Waals surface area (Å²) in [5.74, 6) is 0. The minimum absolute atomic E-state index is 0.325. The minimum Gasteiger partial charge on any atom is -0.0780 e. The Morgan fingerprint density at radius 1 is 0.786 bits per heavy atom. The molecule has 0 unspecified atom stereocenters. The normalized spacial score (nSPS) is 28.9. The van der Waals surface area contributed by atoms with Crippen molar-refractivity contribution >= 4 is 0 Å². The van der Waals surface area contributed by atoms with Crippen molar-refractivity contribution < 1.29 is 0 Å². The average Bonchev–Trinajstić information content (AvgIpc) is 2.14. The lowest BCUT2D eigenvalue weighted by molar-refractivity contribution is 0.413. The number of rotatable bonds is 0. The van der Waals surface area contributed by atoms with E-state index in [2.05, 4.69) is 39.8 Å². The lowest BCUT2D eigenvalue weighted by Gasteiger charge is -2.41. The van der Waals surface area contributed by atoms with E-state index < -0.39 is 0 Å². The van der Waals surface area contributed by atoms with Gasteiger partial charge in [-0.25, -0.2) is 0 Å². The van der Waals surface area contributed by atoms with Crippen LogP contribution in [0.3, 0.4) is 0 Å². The van der Waals surface area contributed by atoms with Gasteiger partial charge in [-0.15, -0.1) is 0 Å². The van der Waals surface area contributed by atoms with Gasteiger partial charge in [-0.2, -0.15) is 0 Å².